The third-order valence-corrected chi connectivity index (χ3v) is 8.96. The molecule has 3 aromatic rings. The first-order valence-corrected chi connectivity index (χ1v) is 15.1. The minimum Gasteiger partial charge on any atom is -0.462 e. The summed E-state index contributed by atoms with van der Waals surface area (Å²) < 4.78 is 5.03. The van der Waals surface area contributed by atoms with Crippen LogP contribution in [0.5, 0.6) is 0 Å². The molecule has 1 saturated heterocycles. The Morgan fingerprint density at radius 1 is 0.905 bits per heavy atom. The number of carbonyl (C=O) groups is 3. The van der Waals surface area contributed by atoms with Crippen molar-refractivity contribution in [1.29, 1.82) is 0 Å². The number of esters is 1. The van der Waals surface area contributed by atoms with E-state index in [1.807, 2.05) is 12.1 Å². The molecule has 3 amide bonds. The van der Waals surface area contributed by atoms with Crippen LogP contribution in [0.3, 0.4) is 0 Å². The van der Waals surface area contributed by atoms with Gasteiger partial charge in [0.05, 0.1) is 30.2 Å². The van der Waals surface area contributed by atoms with Crippen LogP contribution in [0.2, 0.25) is 0 Å². The molecule has 3 N–H and O–H groups in total. The molecule has 0 spiro atoms. The largest absolute Gasteiger partial charge is 0.462 e. The van der Waals surface area contributed by atoms with Crippen molar-refractivity contribution in [2.45, 2.75) is 57.2 Å². The number of fused-ring (bicyclic) bond motifs is 3. The Morgan fingerprint density at radius 2 is 1.64 bits per heavy atom. The lowest BCUT2D eigenvalue weighted by Gasteiger charge is -2.42. The Hall–Kier alpha value is -4.33. The van der Waals surface area contributed by atoms with Gasteiger partial charge in [-0.25, -0.2) is 9.59 Å². The van der Waals surface area contributed by atoms with Crippen LogP contribution in [0.1, 0.15) is 72.6 Å². The molecule has 2 aliphatic heterocycles. The molecule has 1 aliphatic carbocycles. The SMILES string of the molecule is CCOC(=O)c1ccc(NC(=O)N[C@@H]2CCCC[C@@H]2C(=O)N2CC[C@@H]3[C@H](c4ccccc4)Nc4ccccc4[C@@H]32)cc1. The molecule has 8 heteroatoms. The summed E-state index contributed by atoms with van der Waals surface area (Å²) in [6, 6.07) is 25.0. The number of ether oxygens (including phenoxy) is 1. The van der Waals surface area contributed by atoms with E-state index >= 15 is 0 Å². The van der Waals surface area contributed by atoms with Crippen LogP contribution in [0.15, 0.2) is 78.9 Å². The summed E-state index contributed by atoms with van der Waals surface area (Å²) in [5.74, 6) is -0.267. The van der Waals surface area contributed by atoms with E-state index in [0.29, 0.717) is 24.4 Å². The van der Waals surface area contributed by atoms with Crippen molar-refractivity contribution in [1.82, 2.24) is 10.2 Å². The van der Waals surface area contributed by atoms with Crippen LogP contribution in [0.25, 0.3) is 0 Å². The van der Waals surface area contributed by atoms with Gasteiger partial charge in [0.2, 0.25) is 5.91 Å². The molecular formula is C34H38N4O4. The van der Waals surface area contributed by atoms with Gasteiger partial charge in [0.15, 0.2) is 0 Å². The van der Waals surface area contributed by atoms with Crippen molar-refractivity contribution < 1.29 is 19.1 Å². The topological polar surface area (TPSA) is 99.8 Å². The van der Waals surface area contributed by atoms with E-state index in [-0.39, 0.29) is 41.9 Å². The van der Waals surface area contributed by atoms with Gasteiger partial charge in [0, 0.05) is 29.9 Å². The zero-order chi connectivity index (χ0) is 29.1. The maximum absolute atomic E-state index is 14.3. The molecule has 1 saturated carbocycles. The minimum atomic E-state index is -0.396. The molecule has 0 unspecified atom stereocenters. The average Bonchev–Trinajstić information content (AvgIpc) is 3.47. The van der Waals surface area contributed by atoms with Gasteiger partial charge < -0.3 is 25.6 Å². The number of hydrogen-bond acceptors (Lipinski definition) is 5. The van der Waals surface area contributed by atoms with E-state index in [0.717, 1.165) is 37.8 Å². The molecule has 3 aliphatic rings. The number of hydrogen-bond donors (Lipinski definition) is 3. The first-order chi connectivity index (χ1) is 20.5. The second-order valence-electron chi connectivity index (χ2n) is 11.4. The van der Waals surface area contributed by atoms with Crippen molar-refractivity contribution in [2.75, 3.05) is 23.8 Å². The lowest BCUT2D eigenvalue weighted by atomic mass is 9.79. The van der Waals surface area contributed by atoms with Gasteiger partial charge in [-0.15, -0.1) is 0 Å². The molecule has 0 bridgehead atoms. The Labute approximate surface area is 246 Å². The number of rotatable bonds is 6. The number of anilines is 2. The average molecular weight is 567 g/mol. The van der Waals surface area contributed by atoms with Crippen LogP contribution in [0.4, 0.5) is 16.2 Å². The number of nitrogens with one attached hydrogen (secondary N) is 3. The third-order valence-electron chi connectivity index (χ3n) is 8.96. The maximum atomic E-state index is 14.3. The van der Waals surface area contributed by atoms with Crippen LogP contribution < -0.4 is 16.0 Å². The van der Waals surface area contributed by atoms with Crippen LogP contribution in [-0.4, -0.2) is 42.0 Å². The highest BCUT2D eigenvalue weighted by Gasteiger charge is 2.48. The number of carbonyl (C=O) groups excluding carboxylic acids is 3. The number of urea groups is 1. The van der Waals surface area contributed by atoms with Crippen LogP contribution >= 0.6 is 0 Å². The van der Waals surface area contributed by atoms with Crippen molar-refractivity contribution in [3.8, 4) is 0 Å². The number of likely N-dealkylation sites (tertiary alicyclic amines) is 1. The molecule has 5 atom stereocenters. The van der Waals surface area contributed by atoms with Gasteiger partial charge in [-0.2, -0.15) is 0 Å². The summed E-state index contributed by atoms with van der Waals surface area (Å²) in [6.45, 7) is 2.77. The highest BCUT2D eigenvalue weighted by molar-refractivity contribution is 5.93. The highest BCUT2D eigenvalue weighted by atomic mass is 16.5. The zero-order valence-electron chi connectivity index (χ0n) is 23.9. The van der Waals surface area contributed by atoms with Crippen molar-refractivity contribution >= 4 is 29.3 Å². The highest BCUT2D eigenvalue weighted by Crippen LogP contribution is 2.51. The smallest absolute Gasteiger partial charge is 0.338 e. The summed E-state index contributed by atoms with van der Waals surface area (Å²) in [4.78, 5) is 41.4. The summed E-state index contributed by atoms with van der Waals surface area (Å²) in [7, 11) is 0. The van der Waals surface area contributed by atoms with Gasteiger partial charge in [0.1, 0.15) is 0 Å². The Balaban J connectivity index is 1.17. The van der Waals surface area contributed by atoms with Gasteiger partial charge in [0.25, 0.3) is 0 Å². The van der Waals surface area contributed by atoms with Crippen molar-refractivity contribution in [2.24, 2.45) is 11.8 Å². The predicted octanol–water partition coefficient (Wildman–Crippen LogP) is 6.30. The summed E-state index contributed by atoms with van der Waals surface area (Å²) in [5.41, 5.74) is 4.49. The van der Waals surface area contributed by atoms with Crippen LogP contribution in [-0.2, 0) is 9.53 Å². The van der Waals surface area contributed by atoms with Gasteiger partial charge in [-0.1, -0.05) is 61.4 Å². The summed E-state index contributed by atoms with van der Waals surface area (Å²) in [6.07, 6.45) is 4.38. The predicted molar refractivity (Wildman–Crippen MR) is 162 cm³/mol. The summed E-state index contributed by atoms with van der Waals surface area (Å²) >= 11 is 0. The van der Waals surface area contributed by atoms with Crippen LogP contribution in [0, 0.1) is 11.8 Å². The van der Waals surface area contributed by atoms with Gasteiger partial charge in [-0.3, -0.25) is 4.79 Å². The molecule has 42 heavy (non-hydrogen) atoms. The fraction of sp³-hybridized carbons (Fsp3) is 0.382. The molecule has 3 aromatic carbocycles. The summed E-state index contributed by atoms with van der Waals surface area (Å²) in [5, 5.41) is 9.74. The second kappa shape index (κ2) is 12.3. The Bertz CT molecular complexity index is 1430. The molecule has 0 aromatic heterocycles. The molecule has 0 radical (unpaired) electrons. The van der Waals surface area contributed by atoms with E-state index < -0.39 is 5.97 Å². The maximum Gasteiger partial charge on any atom is 0.338 e. The molecule has 6 rings (SSSR count). The van der Waals surface area contributed by atoms with E-state index in [1.54, 1.807) is 31.2 Å². The third kappa shape index (κ3) is 5.58. The number of benzene rings is 3. The minimum absolute atomic E-state index is 0.00512. The number of amides is 3. The van der Waals surface area contributed by atoms with E-state index in [9.17, 15) is 14.4 Å². The fourth-order valence-corrected chi connectivity index (χ4v) is 7.01. The van der Waals surface area contributed by atoms with Gasteiger partial charge >= 0.3 is 12.0 Å². The molecule has 2 fully saturated rings. The molecule has 2 heterocycles. The Kier molecular flexibility index (Phi) is 8.13. The van der Waals surface area contributed by atoms with E-state index in [4.69, 9.17) is 4.74 Å². The van der Waals surface area contributed by atoms with Gasteiger partial charge in [-0.05, 0) is 67.6 Å². The van der Waals surface area contributed by atoms with Crippen molar-refractivity contribution in [3.63, 3.8) is 0 Å². The molecular weight excluding hydrogens is 528 g/mol. The lowest BCUT2D eigenvalue weighted by molar-refractivity contribution is -0.138. The number of para-hydroxylation sites is 1. The fourth-order valence-electron chi connectivity index (χ4n) is 7.01. The first kappa shape index (κ1) is 27.8. The molecule has 218 valence electrons. The van der Waals surface area contributed by atoms with E-state index in [2.05, 4.69) is 63.3 Å². The Morgan fingerprint density at radius 3 is 2.43 bits per heavy atom. The standard InChI is InChI=1S/C34H38N4O4/c1-2-42-33(40)23-16-18-24(19-17-23)35-34(41)37-29-15-9-7-13-26(29)32(39)38-21-20-27-30(22-10-4-3-5-11-22)36-28-14-8-6-12-25(28)31(27)38/h3-6,8,10-12,14,16-19,26-27,29-31,36H,2,7,9,13,15,20-21H2,1H3,(H2,35,37,41)/t26-,27+,29+,30-,31-/m0/s1. The number of nitrogens with zero attached hydrogens (tertiary/aromatic N) is 1. The molecule has 8 nitrogen and oxygen atoms in total. The lowest BCUT2D eigenvalue weighted by Crippen LogP contribution is -2.51. The first-order valence-electron chi connectivity index (χ1n) is 15.1. The second-order valence-corrected chi connectivity index (χ2v) is 11.4. The monoisotopic (exact) mass is 566 g/mol. The quantitative estimate of drug-likeness (QED) is 0.304. The van der Waals surface area contributed by atoms with Crippen molar-refractivity contribution in [3.05, 3.63) is 95.6 Å². The van der Waals surface area contributed by atoms with E-state index in [1.165, 1.54) is 11.1 Å². The zero-order valence-corrected chi connectivity index (χ0v) is 23.9. The normalized spacial score (nSPS) is 24.5.